The van der Waals surface area contributed by atoms with E-state index in [1.165, 1.54) is 31.4 Å². The van der Waals surface area contributed by atoms with Gasteiger partial charge in [-0.25, -0.2) is 0 Å². The van der Waals surface area contributed by atoms with Crippen LogP contribution in [-0.2, 0) is 0 Å². The molecular formula is C9H16OS. The first-order valence-electron chi connectivity index (χ1n) is 4.65. The minimum atomic E-state index is -0.263. The van der Waals surface area contributed by atoms with E-state index in [9.17, 15) is 5.11 Å². The molecule has 1 saturated carbocycles. The van der Waals surface area contributed by atoms with E-state index in [1.54, 1.807) is 0 Å². The summed E-state index contributed by atoms with van der Waals surface area (Å²) in [4.78, 5) is 0. The highest BCUT2D eigenvalue weighted by Crippen LogP contribution is 2.43. The Morgan fingerprint density at radius 1 is 1.18 bits per heavy atom. The molecule has 64 valence electrons. The second-order valence-electron chi connectivity index (χ2n) is 3.81. The maximum Gasteiger partial charge on any atom is 0.0765 e. The predicted octanol–water partition coefficient (Wildman–Crippen LogP) is 2.19. The first-order chi connectivity index (χ1) is 5.31. The van der Waals surface area contributed by atoms with Crippen molar-refractivity contribution in [1.29, 1.82) is 0 Å². The number of hydrogen-bond acceptors (Lipinski definition) is 2. The van der Waals surface area contributed by atoms with Gasteiger partial charge in [0.1, 0.15) is 0 Å². The highest BCUT2D eigenvalue weighted by atomic mass is 32.2. The lowest BCUT2D eigenvalue weighted by Crippen LogP contribution is -2.35. The summed E-state index contributed by atoms with van der Waals surface area (Å²) in [6, 6.07) is 0. The Kier molecular flexibility index (Phi) is 2.15. The molecule has 1 atom stereocenters. The van der Waals surface area contributed by atoms with Crippen LogP contribution in [0.15, 0.2) is 0 Å². The van der Waals surface area contributed by atoms with E-state index in [0.717, 1.165) is 12.8 Å². The Labute approximate surface area is 72.6 Å². The smallest absolute Gasteiger partial charge is 0.0765 e. The summed E-state index contributed by atoms with van der Waals surface area (Å²) < 4.78 is 0. The van der Waals surface area contributed by atoms with Crippen LogP contribution in [0.4, 0.5) is 0 Å². The van der Waals surface area contributed by atoms with Crippen LogP contribution < -0.4 is 0 Å². The summed E-state index contributed by atoms with van der Waals surface area (Å²) in [6.07, 6.45) is 7.18. The third kappa shape index (κ3) is 1.43. The van der Waals surface area contributed by atoms with E-state index in [4.69, 9.17) is 0 Å². The van der Waals surface area contributed by atoms with E-state index in [0.29, 0.717) is 5.25 Å². The van der Waals surface area contributed by atoms with Crippen LogP contribution in [0.1, 0.15) is 38.5 Å². The zero-order valence-electron chi connectivity index (χ0n) is 6.88. The lowest BCUT2D eigenvalue weighted by atomic mass is 9.95. The second kappa shape index (κ2) is 2.98. The molecule has 2 rings (SSSR count). The highest BCUT2D eigenvalue weighted by molar-refractivity contribution is 8.00. The highest BCUT2D eigenvalue weighted by Gasteiger charge is 2.40. The number of rotatable bonds is 1. The topological polar surface area (TPSA) is 20.2 Å². The van der Waals surface area contributed by atoms with Crippen molar-refractivity contribution < 1.29 is 5.11 Å². The molecule has 0 spiro atoms. The molecule has 2 fully saturated rings. The second-order valence-corrected chi connectivity index (χ2v) is 5.12. The standard InChI is InChI=1S/C9H16OS/c10-9(5-1-2-6-9)8-4-3-7-11-8/h8,10H,1-7H2. The lowest BCUT2D eigenvalue weighted by Gasteiger charge is -2.28. The van der Waals surface area contributed by atoms with Crippen molar-refractivity contribution >= 4 is 11.8 Å². The number of hydrogen-bond donors (Lipinski definition) is 1. The molecule has 0 aromatic carbocycles. The Bertz CT molecular complexity index is 134. The van der Waals surface area contributed by atoms with Gasteiger partial charge >= 0.3 is 0 Å². The van der Waals surface area contributed by atoms with Crippen LogP contribution in [-0.4, -0.2) is 21.7 Å². The Balaban J connectivity index is 2.00. The maximum absolute atomic E-state index is 10.2. The van der Waals surface area contributed by atoms with Gasteiger partial charge < -0.3 is 5.11 Å². The summed E-state index contributed by atoms with van der Waals surface area (Å²) in [6.45, 7) is 0. The summed E-state index contributed by atoms with van der Waals surface area (Å²) in [5.41, 5.74) is -0.263. The van der Waals surface area contributed by atoms with Gasteiger partial charge in [-0.15, -0.1) is 0 Å². The Morgan fingerprint density at radius 2 is 1.91 bits per heavy atom. The number of aliphatic hydroxyl groups is 1. The van der Waals surface area contributed by atoms with Crippen LogP contribution >= 0.6 is 11.8 Å². The molecule has 11 heavy (non-hydrogen) atoms. The zero-order chi connectivity index (χ0) is 7.73. The average molecular weight is 172 g/mol. The van der Waals surface area contributed by atoms with Crippen LogP contribution in [0.3, 0.4) is 0 Å². The van der Waals surface area contributed by atoms with Crippen LogP contribution in [0, 0.1) is 0 Å². The van der Waals surface area contributed by atoms with Gasteiger partial charge in [-0.2, -0.15) is 11.8 Å². The lowest BCUT2D eigenvalue weighted by molar-refractivity contribution is 0.0448. The molecule has 1 heterocycles. The molecule has 2 aliphatic rings. The zero-order valence-corrected chi connectivity index (χ0v) is 7.70. The third-order valence-corrected chi connectivity index (χ3v) is 4.60. The summed E-state index contributed by atoms with van der Waals surface area (Å²) in [5, 5.41) is 10.7. The van der Waals surface area contributed by atoms with Crippen LogP contribution in [0.2, 0.25) is 0 Å². The molecule has 0 aromatic rings. The molecule has 0 aromatic heterocycles. The molecule has 1 aliphatic carbocycles. The van der Waals surface area contributed by atoms with Gasteiger partial charge in [0, 0.05) is 5.25 Å². The summed E-state index contributed by atoms with van der Waals surface area (Å²) in [7, 11) is 0. The summed E-state index contributed by atoms with van der Waals surface area (Å²) in [5.74, 6) is 1.27. The van der Waals surface area contributed by atoms with Gasteiger partial charge in [-0.3, -0.25) is 0 Å². The molecule has 1 nitrogen and oxygen atoms in total. The minimum absolute atomic E-state index is 0.263. The molecule has 0 bridgehead atoms. The van der Waals surface area contributed by atoms with Crippen molar-refractivity contribution in [3.8, 4) is 0 Å². The molecule has 1 saturated heterocycles. The van der Waals surface area contributed by atoms with Gasteiger partial charge in [-0.1, -0.05) is 12.8 Å². The van der Waals surface area contributed by atoms with E-state index < -0.39 is 0 Å². The van der Waals surface area contributed by atoms with E-state index in [-0.39, 0.29) is 5.60 Å². The number of thioether (sulfide) groups is 1. The van der Waals surface area contributed by atoms with Crippen LogP contribution in [0.5, 0.6) is 0 Å². The van der Waals surface area contributed by atoms with Gasteiger partial charge in [0.05, 0.1) is 5.60 Å². The molecule has 0 radical (unpaired) electrons. The fourth-order valence-corrected chi connectivity index (χ4v) is 3.81. The van der Waals surface area contributed by atoms with Crippen molar-refractivity contribution in [2.75, 3.05) is 5.75 Å². The summed E-state index contributed by atoms with van der Waals surface area (Å²) >= 11 is 1.99. The van der Waals surface area contributed by atoms with Gasteiger partial charge in [0.25, 0.3) is 0 Å². The molecule has 0 amide bonds. The fourth-order valence-electron chi connectivity index (χ4n) is 2.31. The van der Waals surface area contributed by atoms with E-state index in [1.807, 2.05) is 11.8 Å². The van der Waals surface area contributed by atoms with Crippen molar-refractivity contribution in [2.24, 2.45) is 0 Å². The monoisotopic (exact) mass is 172 g/mol. The first kappa shape index (κ1) is 7.93. The van der Waals surface area contributed by atoms with Crippen molar-refractivity contribution in [3.63, 3.8) is 0 Å². The molecule has 1 unspecified atom stereocenters. The van der Waals surface area contributed by atoms with Gasteiger partial charge in [0.15, 0.2) is 0 Å². The SMILES string of the molecule is OC1(C2CCCS2)CCCC1. The first-order valence-corrected chi connectivity index (χ1v) is 5.70. The molecule has 1 N–H and O–H groups in total. The Morgan fingerprint density at radius 3 is 2.45 bits per heavy atom. The largest absolute Gasteiger partial charge is 0.389 e. The van der Waals surface area contributed by atoms with E-state index in [2.05, 4.69) is 0 Å². The minimum Gasteiger partial charge on any atom is -0.389 e. The van der Waals surface area contributed by atoms with Crippen molar-refractivity contribution in [1.82, 2.24) is 0 Å². The molecule has 1 aliphatic heterocycles. The quantitative estimate of drug-likeness (QED) is 0.654. The molecular weight excluding hydrogens is 156 g/mol. The molecule has 2 heteroatoms. The Hall–Kier alpha value is 0.310. The fraction of sp³-hybridized carbons (Fsp3) is 1.00. The maximum atomic E-state index is 10.2. The average Bonchev–Trinajstić information content (AvgIpc) is 2.55. The predicted molar refractivity (Wildman–Crippen MR) is 48.9 cm³/mol. The van der Waals surface area contributed by atoms with Crippen molar-refractivity contribution in [2.45, 2.75) is 49.4 Å². The normalized spacial score (nSPS) is 36.3. The third-order valence-electron chi connectivity index (χ3n) is 3.00. The van der Waals surface area contributed by atoms with Crippen LogP contribution in [0.25, 0.3) is 0 Å². The van der Waals surface area contributed by atoms with Gasteiger partial charge in [0.2, 0.25) is 0 Å². The van der Waals surface area contributed by atoms with Gasteiger partial charge in [-0.05, 0) is 31.4 Å². The van der Waals surface area contributed by atoms with Crippen molar-refractivity contribution in [3.05, 3.63) is 0 Å². The van der Waals surface area contributed by atoms with E-state index >= 15 is 0 Å².